The molecular formula is C16H15NO5. The minimum Gasteiger partial charge on any atom is -0.491 e. The molecule has 0 aromatic heterocycles. The minimum atomic E-state index is -0.420. The highest BCUT2D eigenvalue weighted by molar-refractivity contribution is 6.26. The molecule has 0 unspecified atom stereocenters. The number of aliphatic hydroxyl groups is 2. The van der Waals surface area contributed by atoms with Crippen LogP contribution in [0.15, 0.2) is 30.3 Å². The summed E-state index contributed by atoms with van der Waals surface area (Å²) < 4.78 is 5.47. The molecule has 0 bridgehead atoms. The van der Waals surface area contributed by atoms with Gasteiger partial charge in [0.1, 0.15) is 12.4 Å². The van der Waals surface area contributed by atoms with Gasteiger partial charge in [-0.3, -0.25) is 14.5 Å². The third kappa shape index (κ3) is 2.13. The van der Waals surface area contributed by atoms with E-state index in [1.165, 1.54) is 0 Å². The van der Waals surface area contributed by atoms with Crippen LogP contribution in [0.5, 0.6) is 5.75 Å². The fraction of sp³-hybridized carbons (Fsp3) is 0.250. The summed E-state index contributed by atoms with van der Waals surface area (Å²) in [5.74, 6) is -0.321. The van der Waals surface area contributed by atoms with Crippen molar-refractivity contribution >= 4 is 22.6 Å². The van der Waals surface area contributed by atoms with Gasteiger partial charge in [-0.1, -0.05) is 12.1 Å². The van der Waals surface area contributed by atoms with Crippen molar-refractivity contribution in [3.8, 4) is 5.75 Å². The molecule has 1 aliphatic heterocycles. The zero-order valence-electron chi connectivity index (χ0n) is 11.8. The van der Waals surface area contributed by atoms with Crippen LogP contribution in [0.4, 0.5) is 0 Å². The lowest BCUT2D eigenvalue weighted by molar-refractivity contribution is 0.0580. The van der Waals surface area contributed by atoms with Crippen LogP contribution in [0.2, 0.25) is 0 Å². The van der Waals surface area contributed by atoms with Crippen LogP contribution in [0.25, 0.3) is 10.8 Å². The Morgan fingerprint density at radius 3 is 2.36 bits per heavy atom. The lowest BCUT2D eigenvalue weighted by Crippen LogP contribution is -2.41. The second-order valence-corrected chi connectivity index (χ2v) is 4.90. The highest BCUT2D eigenvalue weighted by Gasteiger charge is 2.32. The van der Waals surface area contributed by atoms with Crippen molar-refractivity contribution in [3.63, 3.8) is 0 Å². The van der Waals surface area contributed by atoms with Crippen molar-refractivity contribution in [2.75, 3.05) is 26.4 Å². The number of carbonyl (C=O) groups excluding carboxylic acids is 2. The lowest BCUT2D eigenvalue weighted by Gasteiger charge is -2.27. The summed E-state index contributed by atoms with van der Waals surface area (Å²) in [5, 5.41) is 19.1. The Bertz CT molecular complexity index is 733. The second-order valence-electron chi connectivity index (χ2n) is 4.90. The van der Waals surface area contributed by atoms with Gasteiger partial charge < -0.3 is 14.9 Å². The number of ether oxygens (including phenoxy) is 1. The summed E-state index contributed by atoms with van der Waals surface area (Å²) in [4.78, 5) is 25.9. The molecule has 1 aliphatic rings. The Kier molecular flexibility index (Phi) is 3.79. The first-order chi connectivity index (χ1) is 10.7. The highest BCUT2D eigenvalue weighted by Crippen LogP contribution is 2.35. The topological polar surface area (TPSA) is 87.1 Å². The van der Waals surface area contributed by atoms with E-state index < -0.39 is 11.8 Å². The second kappa shape index (κ2) is 5.75. The lowest BCUT2D eigenvalue weighted by atomic mass is 9.93. The molecule has 0 saturated carbocycles. The number of rotatable bonds is 5. The average molecular weight is 301 g/mol. The van der Waals surface area contributed by atoms with Gasteiger partial charge in [0.25, 0.3) is 11.8 Å². The fourth-order valence-electron chi connectivity index (χ4n) is 2.70. The zero-order chi connectivity index (χ0) is 15.7. The van der Waals surface area contributed by atoms with Gasteiger partial charge in [0, 0.05) is 21.9 Å². The van der Waals surface area contributed by atoms with Crippen molar-refractivity contribution < 1.29 is 24.5 Å². The molecule has 114 valence electrons. The summed E-state index contributed by atoms with van der Waals surface area (Å²) in [6.07, 6.45) is 0. The predicted octanol–water partition coefficient (Wildman–Crippen LogP) is 0.799. The molecule has 6 heteroatoms. The molecular weight excluding hydrogens is 286 g/mol. The van der Waals surface area contributed by atoms with Gasteiger partial charge in [0.05, 0.1) is 19.8 Å². The molecule has 6 nitrogen and oxygen atoms in total. The van der Waals surface area contributed by atoms with Crippen molar-refractivity contribution in [1.29, 1.82) is 0 Å². The SMILES string of the molecule is O=C1c2cccc3c(OCCO)ccc(c23)C(=O)N1CCO. The summed E-state index contributed by atoms with van der Waals surface area (Å²) in [7, 11) is 0. The van der Waals surface area contributed by atoms with Crippen LogP contribution in [-0.4, -0.2) is 53.3 Å². The number of β-amino-alcohol motifs (C(OH)–C–C–N with tert-alkyl or cyclic N) is 1. The Hall–Kier alpha value is -2.44. The van der Waals surface area contributed by atoms with E-state index >= 15 is 0 Å². The molecule has 0 radical (unpaired) electrons. The summed E-state index contributed by atoms with van der Waals surface area (Å²) in [6, 6.07) is 8.41. The zero-order valence-corrected chi connectivity index (χ0v) is 11.8. The van der Waals surface area contributed by atoms with Gasteiger partial charge in [-0.25, -0.2) is 0 Å². The average Bonchev–Trinajstić information content (AvgIpc) is 2.54. The maximum absolute atomic E-state index is 12.4. The molecule has 0 fully saturated rings. The molecule has 1 heterocycles. The van der Waals surface area contributed by atoms with Gasteiger partial charge in [0.2, 0.25) is 0 Å². The van der Waals surface area contributed by atoms with Crippen molar-refractivity contribution in [2.45, 2.75) is 0 Å². The highest BCUT2D eigenvalue weighted by atomic mass is 16.5. The molecule has 2 amide bonds. The van der Waals surface area contributed by atoms with Crippen molar-refractivity contribution in [1.82, 2.24) is 4.90 Å². The first-order valence-electron chi connectivity index (χ1n) is 6.95. The predicted molar refractivity (Wildman–Crippen MR) is 79.0 cm³/mol. The molecule has 0 saturated heterocycles. The summed E-state index contributed by atoms with van der Waals surface area (Å²) >= 11 is 0. The molecule has 2 aromatic rings. The minimum absolute atomic E-state index is 0.0315. The van der Waals surface area contributed by atoms with E-state index in [-0.39, 0.29) is 26.4 Å². The maximum atomic E-state index is 12.4. The molecule has 2 N–H and O–H groups in total. The molecule has 0 aliphatic carbocycles. The van der Waals surface area contributed by atoms with Gasteiger partial charge in [0.15, 0.2) is 0 Å². The first kappa shape index (κ1) is 14.5. The van der Waals surface area contributed by atoms with Gasteiger partial charge in [-0.05, 0) is 18.2 Å². The summed E-state index contributed by atoms with van der Waals surface area (Å²) in [6.45, 7) is -0.293. The monoisotopic (exact) mass is 301 g/mol. The van der Waals surface area contributed by atoms with E-state index in [4.69, 9.17) is 14.9 Å². The molecule has 2 aromatic carbocycles. The van der Waals surface area contributed by atoms with Crippen LogP contribution in [0.3, 0.4) is 0 Å². The van der Waals surface area contributed by atoms with Crippen molar-refractivity contribution in [3.05, 3.63) is 41.5 Å². The molecule has 0 spiro atoms. The van der Waals surface area contributed by atoms with Crippen LogP contribution < -0.4 is 4.74 Å². The fourth-order valence-corrected chi connectivity index (χ4v) is 2.70. The third-order valence-electron chi connectivity index (χ3n) is 3.62. The molecule has 3 rings (SSSR count). The van der Waals surface area contributed by atoms with E-state index in [1.807, 2.05) is 0 Å². The van der Waals surface area contributed by atoms with Crippen LogP contribution in [0, 0.1) is 0 Å². The Labute approximate surface area is 126 Å². The van der Waals surface area contributed by atoms with Crippen molar-refractivity contribution in [2.24, 2.45) is 0 Å². The number of carbonyl (C=O) groups is 2. The Morgan fingerprint density at radius 2 is 1.68 bits per heavy atom. The van der Waals surface area contributed by atoms with E-state index in [2.05, 4.69) is 0 Å². The number of amides is 2. The van der Waals surface area contributed by atoms with Gasteiger partial charge in [-0.15, -0.1) is 0 Å². The maximum Gasteiger partial charge on any atom is 0.261 e. The number of hydrogen-bond donors (Lipinski definition) is 2. The van der Waals surface area contributed by atoms with Crippen LogP contribution in [0.1, 0.15) is 20.7 Å². The van der Waals surface area contributed by atoms with Crippen LogP contribution >= 0.6 is 0 Å². The normalized spacial score (nSPS) is 13.8. The van der Waals surface area contributed by atoms with Gasteiger partial charge in [-0.2, -0.15) is 0 Å². The standard InChI is InChI=1S/C16H15NO5/c18-7-6-17-15(20)11-3-1-2-10-13(22-9-8-19)5-4-12(14(10)11)16(17)21/h1-5,18-19H,6-9H2. The number of nitrogens with zero attached hydrogens (tertiary/aromatic N) is 1. The number of aliphatic hydroxyl groups excluding tert-OH is 2. The third-order valence-corrected chi connectivity index (χ3v) is 3.62. The Balaban J connectivity index is 2.20. The molecule has 0 atom stereocenters. The molecule has 22 heavy (non-hydrogen) atoms. The smallest absolute Gasteiger partial charge is 0.261 e. The quantitative estimate of drug-likeness (QED) is 0.798. The number of hydrogen-bond acceptors (Lipinski definition) is 5. The number of benzene rings is 2. The van der Waals surface area contributed by atoms with E-state index in [1.54, 1.807) is 30.3 Å². The van der Waals surface area contributed by atoms with E-state index in [9.17, 15) is 9.59 Å². The number of imide groups is 1. The summed E-state index contributed by atoms with van der Waals surface area (Å²) in [5.41, 5.74) is 0.824. The van der Waals surface area contributed by atoms with Crippen LogP contribution in [-0.2, 0) is 0 Å². The Morgan fingerprint density at radius 1 is 0.955 bits per heavy atom. The van der Waals surface area contributed by atoms with Gasteiger partial charge >= 0.3 is 0 Å². The van der Waals surface area contributed by atoms with E-state index in [0.717, 1.165) is 4.90 Å². The first-order valence-corrected chi connectivity index (χ1v) is 6.95. The largest absolute Gasteiger partial charge is 0.491 e. The van der Waals surface area contributed by atoms with E-state index in [0.29, 0.717) is 27.6 Å².